The minimum absolute atomic E-state index is 0.0410. The topological polar surface area (TPSA) is 84.2 Å². The van der Waals surface area contributed by atoms with Crippen molar-refractivity contribution in [1.29, 1.82) is 5.26 Å². The van der Waals surface area contributed by atoms with E-state index in [9.17, 15) is 4.89 Å². The molecular formula is C38H53N2O5PS2. The Bertz CT molecular complexity index is 1350. The van der Waals surface area contributed by atoms with Gasteiger partial charge in [-0.1, -0.05) is 76.2 Å². The quantitative estimate of drug-likeness (QED) is 0.0502. The fraction of sp³-hybridized carbons (Fsp3) is 0.500. The van der Waals surface area contributed by atoms with Crippen LogP contribution in [0.4, 0.5) is 0 Å². The van der Waals surface area contributed by atoms with Crippen LogP contribution in [0.25, 0.3) is 0 Å². The molecule has 0 saturated carbocycles. The number of nitrogens with zero attached hydrogens (tertiary/aromatic N) is 2. The third kappa shape index (κ3) is 11.1. The standard InChI is InChI=1S/C38H53N2O5PS2/c1-30(2)40(36(3,4)24-12-26-39)46(41)45-28-25-37(5,6)48-47-29-13-27-44-38(31-14-10-9-11-15-31,32-16-20-34(42-7)21-17-32)33-18-22-35(43-8)23-19-33/h9-11,14-23,30,41H,12-13,24-25,27-29H2,1-8H3. The van der Waals surface area contributed by atoms with Gasteiger partial charge in [0.15, 0.2) is 0 Å². The van der Waals surface area contributed by atoms with Crippen molar-refractivity contribution < 1.29 is 23.6 Å². The van der Waals surface area contributed by atoms with Crippen LogP contribution >= 0.6 is 30.1 Å². The van der Waals surface area contributed by atoms with Crippen molar-refractivity contribution in [1.82, 2.24) is 4.67 Å². The molecule has 0 radical (unpaired) electrons. The lowest BCUT2D eigenvalue weighted by Crippen LogP contribution is -2.44. The molecular weight excluding hydrogens is 660 g/mol. The van der Waals surface area contributed by atoms with E-state index >= 15 is 0 Å². The highest BCUT2D eigenvalue weighted by Crippen LogP contribution is 2.47. The van der Waals surface area contributed by atoms with Gasteiger partial charge in [0.1, 0.15) is 17.1 Å². The second kappa shape index (κ2) is 19.2. The van der Waals surface area contributed by atoms with Gasteiger partial charge in [-0.05, 0) is 102 Å². The highest BCUT2D eigenvalue weighted by Gasteiger charge is 2.38. The molecule has 0 saturated heterocycles. The normalized spacial score (nSPS) is 13.0. The van der Waals surface area contributed by atoms with E-state index in [1.165, 1.54) is 0 Å². The van der Waals surface area contributed by atoms with Crippen LogP contribution in [-0.2, 0) is 14.9 Å². The number of nitriles is 1. The molecule has 0 bridgehead atoms. The molecule has 3 aromatic carbocycles. The van der Waals surface area contributed by atoms with Gasteiger partial charge < -0.3 is 23.6 Å². The summed E-state index contributed by atoms with van der Waals surface area (Å²) in [6.07, 6.45) is 2.80. The Balaban J connectivity index is 1.63. The van der Waals surface area contributed by atoms with Gasteiger partial charge in [-0.25, -0.2) is 4.67 Å². The van der Waals surface area contributed by atoms with Gasteiger partial charge in [0, 0.05) is 35.1 Å². The first kappa shape index (κ1) is 40.2. The molecule has 48 heavy (non-hydrogen) atoms. The predicted molar refractivity (Wildman–Crippen MR) is 203 cm³/mol. The van der Waals surface area contributed by atoms with Crippen LogP contribution in [0.3, 0.4) is 0 Å². The Morgan fingerprint density at radius 2 is 1.35 bits per heavy atom. The van der Waals surface area contributed by atoms with E-state index in [0.29, 0.717) is 26.1 Å². The Morgan fingerprint density at radius 3 is 1.85 bits per heavy atom. The van der Waals surface area contributed by atoms with E-state index in [0.717, 1.165) is 46.8 Å². The molecule has 0 fully saturated rings. The Hall–Kier alpha value is -2.28. The Morgan fingerprint density at radius 1 is 0.812 bits per heavy atom. The summed E-state index contributed by atoms with van der Waals surface area (Å²) in [4.78, 5) is 11.0. The number of rotatable bonds is 21. The Labute approximate surface area is 298 Å². The summed E-state index contributed by atoms with van der Waals surface area (Å²) in [7, 11) is 5.28. The first-order valence-corrected chi connectivity index (χ1v) is 20.0. The molecule has 0 aliphatic heterocycles. The zero-order valence-corrected chi connectivity index (χ0v) is 32.3. The molecule has 3 rings (SSSR count). The summed E-state index contributed by atoms with van der Waals surface area (Å²) in [5, 5.41) is 9.07. The van der Waals surface area contributed by atoms with Crippen molar-refractivity contribution in [3.05, 3.63) is 95.6 Å². The van der Waals surface area contributed by atoms with Crippen LogP contribution in [-0.4, -0.2) is 59.1 Å². The van der Waals surface area contributed by atoms with Crippen LogP contribution in [0.15, 0.2) is 78.9 Å². The lowest BCUT2D eigenvalue weighted by atomic mass is 9.80. The van der Waals surface area contributed by atoms with E-state index in [2.05, 4.69) is 96.1 Å². The molecule has 262 valence electrons. The SMILES string of the molecule is COc1ccc(C(OCCCSSC(C)(C)CCOP(O)N(C(C)C)C(C)(C)CCC#N)(c2ccccc2)c2ccc(OC)cc2)cc1. The lowest BCUT2D eigenvalue weighted by molar-refractivity contribution is 0.0137. The van der Waals surface area contributed by atoms with Crippen LogP contribution in [0, 0.1) is 11.3 Å². The fourth-order valence-electron chi connectivity index (χ4n) is 5.70. The van der Waals surface area contributed by atoms with Crippen molar-refractivity contribution >= 4 is 30.1 Å². The monoisotopic (exact) mass is 712 g/mol. The molecule has 0 heterocycles. The first-order chi connectivity index (χ1) is 22.9. The zero-order chi connectivity index (χ0) is 35.2. The van der Waals surface area contributed by atoms with Crippen molar-refractivity contribution in [3.8, 4) is 17.6 Å². The molecule has 0 aliphatic rings. The van der Waals surface area contributed by atoms with Crippen molar-refractivity contribution in [2.24, 2.45) is 0 Å². The average Bonchev–Trinajstić information content (AvgIpc) is 3.07. The summed E-state index contributed by atoms with van der Waals surface area (Å²) in [6, 6.07) is 28.9. The van der Waals surface area contributed by atoms with Crippen LogP contribution in [0.1, 0.15) is 83.9 Å². The Kier molecular flexibility index (Phi) is 16.1. The molecule has 0 amide bonds. The molecule has 10 heteroatoms. The van der Waals surface area contributed by atoms with Gasteiger partial charge in [-0.15, -0.1) is 0 Å². The molecule has 1 atom stereocenters. The summed E-state index contributed by atoms with van der Waals surface area (Å²) in [5.74, 6) is 2.51. The lowest BCUT2D eigenvalue weighted by Gasteiger charge is -2.42. The minimum Gasteiger partial charge on any atom is -0.497 e. The summed E-state index contributed by atoms with van der Waals surface area (Å²) in [5.41, 5.74) is 1.96. The first-order valence-electron chi connectivity index (χ1n) is 16.5. The number of methoxy groups -OCH3 is 2. The molecule has 1 unspecified atom stereocenters. The summed E-state index contributed by atoms with van der Waals surface area (Å²) in [6.45, 7) is 13.7. The zero-order valence-electron chi connectivity index (χ0n) is 29.8. The van der Waals surface area contributed by atoms with Crippen LogP contribution in [0.2, 0.25) is 0 Å². The number of hydrogen-bond acceptors (Lipinski definition) is 9. The molecule has 0 spiro atoms. The number of ether oxygens (including phenoxy) is 3. The van der Waals surface area contributed by atoms with E-state index in [4.69, 9.17) is 24.0 Å². The third-order valence-electron chi connectivity index (χ3n) is 8.20. The number of benzene rings is 3. The third-order valence-corrected chi connectivity index (χ3v) is 13.4. The smallest absolute Gasteiger partial charge is 0.256 e. The van der Waals surface area contributed by atoms with Crippen molar-refractivity contribution in [2.75, 3.05) is 33.2 Å². The largest absolute Gasteiger partial charge is 0.497 e. The van der Waals surface area contributed by atoms with Crippen molar-refractivity contribution in [3.63, 3.8) is 0 Å². The van der Waals surface area contributed by atoms with E-state index in [1.54, 1.807) is 14.2 Å². The van der Waals surface area contributed by atoms with Gasteiger partial charge in [0.2, 0.25) is 0 Å². The van der Waals surface area contributed by atoms with E-state index < -0.39 is 14.1 Å². The molecule has 7 nitrogen and oxygen atoms in total. The highest BCUT2D eigenvalue weighted by molar-refractivity contribution is 8.77. The van der Waals surface area contributed by atoms with Gasteiger partial charge in [-0.2, -0.15) is 5.26 Å². The van der Waals surface area contributed by atoms with Crippen LogP contribution in [0.5, 0.6) is 11.5 Å². The highest BCUT2D eigenvalue weighted by atomic mass is 33.1. The minimum atomic E-state index is -1.76. The maximum Gasteiger partial charge on any atom is 0.256 e. The van der Waals surface area contributed by atoms with E-state index in [-0.39, 0.29) is 16.3 Å². The summed E-state index contributed by atoms with van der Waals surface area (Å²) < 4.78 is 25.9. The van der Waals surface area contributed by atoms with Gasteiger partial charge >= 0.3 is 0 Å². The fourth-order valence-corrected chi connectivity index (χ4v) is 9.65. The molecule has 0 aliphatic carbocycles. The summed E-state index contributed by atoms with van der Waals surface area (Å²) >= 11 is 0. The molecule has 0 aromatic heterocycles. The second-order valence-electron chi connectivity index (χ2n) is 13.1. The number of hydrogen-bond donors (Lipinski definition) is 1. The van der Waals surface area contributed by atoms with Crippen molar-refractivity contribution in [2.45, 2.75) is 89.2 Å². The predicted octanol–water partition coefficient (Wildman–Crippen LogP) is 9.98. The van der Waals surface area contributed by atoms with Gasteiger partial charge in [0.05, 0.1) is 26.9 Å². The van der Waals surface area contributed by atoms with Gasteiger partial charge in [-0.3, -0.25) is 0 Å². The second-order valence-corrected chi connectivity index (χ2v) is 17.4. The maximum atomic E-state index is 11.0. The van der Waals surface area contributed by atoms with Gasteiger partial charge in [0.25, 0.3) is 8.53 Å². The molecule has 3 aromatic rings. The average molecular weight is 713 g/mol. The maximum absolute atomic E-state index is 11.0. The van der Waals surface area contributed by atoms with E-state index in [1.807, 2.05) is 56.6 Å². The van der Waals surface area contributed by atoms with Crippen LogP contribution < -0.4 is 9.47 Å². The molecule has 1 N–H and O–H groups in total.